The average molecular weight is 444 g/mol. The molecule has 0 unspecified atom stereocenters. The fourth-order valence-corrected chi connectivity index (χ4v) is 4.18. The number of hydrogen-bond acceptors (Lipinski definition) is 6. The van der Waals surface area contributed by atoms with E-state index in [0.717, 1.165) is 30.4 Å². The molecule has 7 heteroatoms. The summed E-state index contributed by atoms with van der Waals surface area (Å²) >= 11 is 0. The van der Waals surface area contributed by atoms with Crippen LogP contribution in [-0.4, -0.2) is 21.4 Å². The molecule has 3 aromatic rings. The van der Waals surface area contributed by atoms with Gasteiger partial charge >= 0.3 is 5.69 Å². The fraction of sp³-hybridized carbons (Fsp3) is 0.308. The summed E-state index contributed by atoms with van der Waals surface area (Å²) in [6, 6.07) is 19.9. The number of anilines is 2. The highest BCUT2D eigenvalue weighted by atomic mass is 16.6. The second kappa shape index (κ2) is 11.2. The van der Waals surface area contributed by atoms with Gasteiger partial charge in [0.15, 0.2) is 0 Å². The smallest absolute Gasteiger partial charge is 0.353 e. The molecule has 0 spiro atoms. The van der Waals surface area contributed by atoms with Crippen molar-refractivity contribution in [1.82, 2.24) is 9.97 Å². The van der Waals surface area contributed by atoms with Crippen LogP contribution < -0.4 is 10.2 Å². The van der Waals surface area contributed by atoms with Gasteiger partial charge in [0.05, 0.1) is 4.92 Å². The Morgan fingerprint density at radius 1 is 0.939 bits per heavy atom. The Balaban J connectivity index is 1.61. The molecule has 170 valence electrons. The quantitative estimate of drug-likeness (QED) is 0.239. The lowest BCUT2D eigenvalue weighted by Gasteiger charge is -2.24. The minimum atomic E-state index is -0.374. The van der Waals surface area contributed by atoms with Crippen molar-refractivity contribution in [3.63, 3.8) is 0 Å². The van der Waals surface area contributed by atoms with E-state index in [-0.39, 0.29) is 16.4 Å². The summed E-state index contributed by atoms with van der Waals surface area (Å²) in [4.78, 5) is 22.3. The van der Waals surface area contributed by atoms with Crippen molar-refractivity contribution in [2.24, 2.45) is 0 Å². The molecule has 2 aromatic carbocycles. The van der Waals surface area contributed by atoms with Crippen LogP contribution >= 0.6 is 0 Å². The summed E-state index contributed by atoms with van der Waals surface area (Å²) in [5.74, 6) is 0.592. The van der Waals surface area contributed by atoms with Gasteiger partial charge in [-0.3, -0.25) is 10.1 Å². The fourth-order valence-electron chi connectivity index (χ4n) is 4.18. The van der Waals surface area contributed by atoms with E-state index in [4.69, 9.17) is 0 Å². The highest BCUT2D eigenvalue weighted by molar-refractivity contribution is 5.70. The average Bonchev–Trinajstić information content (AvgIpc) is 2.85. The first-order chi connectivity index (χ1) is 16.2. The number of aromatic nitrogens is 2. The van der Waals surface area contributed by atoms with Gasteiger partial charge in [-0.05, 0) is 43.2 Å². The monoisotopic (exact) mass is 443 g/mol. The van der Waals surface area contributed by atoms with Crippen molar-refractivity contribution in [2.75, 3.05) is 16.8 Å². The molecular weight excluding hydrogens is 414 g/mol. The summed E-state index contributed by atoms with van der Waals surface area (Å²) < 4.78 is 0. The first-order valence-electron chi connectivity index (χ1n) is 11.4. The van der Waals surface area contributed by atoms with Crippen LogP contribution in [0.25, 0.3) is 0 Å². The third-order valence-corrected chi connectivity index (χ3v) is 5.84. The van der Waals surface area contributed by atoms with Crippen LogP contribution in [0.15, 0.2) is 78.6 Å². The van der Waals surface area contributed by atoms with E-state index in [1.165, 1.54) is 24.7 Å². The molecular formula is C26H29N5O2. The Bertz CT molecular complexity index is 1040. The lowest BCUT2D eigenvalue weighted by molar-refractivity contribution is -0.383. The van der Waals surface area contributed by atoms with Crippen LogP contribution in [0.4, 0.5) is 17.3 Å². The van der Waals surface area contributed by atoms with Gasteiger partial charge in [-0.2, -0.15) is 0 Å². The zero-order valence-corrected chi connectivity index (χ0v) is 18.7. The second-order valence-electron chi connectivity index (χ2n) is 8.26. The minimum absolute atomic E-state index is 0.0815. The van der Waals surface area contributed by atoms with Crippen LogP contribution in [0.1, 0.15) is 43.2 Å². The molecule has 1 N–H and O–H groups in total. The predicted molar refractivity (Wildman–Crippen MR) is 131 cm³/mol. The van der Waals surface area contributed by atoms with Crippen LogP contribution in [0.5, 0.6) is 0 Å². The summed E-state index contributed by atoms with van der Waals surface area (Å²) in [6.45, 7) is 1.61. The molecule has 0 saturated carbocycles. The van der Waals surface area contributed by atoms with E-state index in [2.05, 4.69) is 21.4 Å². The molecule has 7 nitrogen and oxygen atoms in total. The first kappa shape index (κ1) is 22.5. The van der Waals surface area contributed by atoms with Gasteiger partial charge in [0.2, 0.25) is 11.6 Å². The van der Waals surface area contributed by atoms with Crippen molar-refractivity contribution < 1.29 is 4.92 Å². The molecule has 1 aliphatic rings. The Morgan fingerprint density at radius 2 is 1.61 bits per heavy atom. The molecule has 0 fully saturated rings. The summed E-state index contributed by atoms with van der Waals surface area (Å²) in [5.41, 5.74) is 3.45. The molecule has 1 aliphatic carbocycles. The Hall–Kier alpha value is -3.74. The predicted octanol–water partition coefficient (Wildman–Crippen LogP) is 5.89. The van der Waals surface area contributed by atoms with E-state index in [9.17, 15) is 10.1 Å². The van der Waals surface area contributed by atoms with E-state index in [1.54, 1.807) is 0 Å². The van der Waals surface area contributed by atoms with E-state index in [1.807, 2.05) is 65.6 Å². The number of benzene rings is 2. The van der Waals surface area contributed by atoms with Crippen molar-refractivity contribution in [2.45, 2.75) is 45.2 Å². The maximum Gasteiger partial charge on any atom is 0.353 e. The molecule has 1 aromatic heterocycles. The largest absolute Gasteiger partial charge is 0.364 e. The maximum atomic E-state index is 12.2. The third kappa shape index (κ3) is 6.16. The Kier molecular flexibility index (Phi) is 7.64. The summed E-state index contributed by atoms with van der Waals surface area (Å²) in [7, 11) is 0. The van der Waals surface area contributed by atoms with Crippen molar-refractivity contribution in [3.8, 4) is 0 Å². The van der Waals surface area contributed by atoms with Gasteiger partial charge in [-0.25, -0.2) is 9.97 Å². The van der Waals surface area contributed by atoms with Crippen LogP contribution in [0.2, 0.25) is 0 Å². The van der Waals surface area contributed by atoms with Gasteiger partial charge in [0, 0.05) is 19.6 Å². The number of hydrogen-bond donors (Lipinski definition) is 1. The standard InChI is InChI=1S/C26H29N5O2/c32-31(33)24-25(27-17-16-21-10-4-1-5-11-21)28-20-29-26(24)30(18-22-12-6-2-7-13-22)19-23-14-8-3-9-15-23/h2-3,6-10,12-15,20H,1,4-5,11,16-19H2,(H,27,28,29). The van der Waals surface area contributed by atoms with Crippen LogP contribution in [0.3, 0.4) is 0 Å². The third-order valence-electron chi connectivity index (χ3n) is 5.84. The zero-order valence-electron chi connectivity index (χ0n) is 18.7. The highest BCUT2D eigenvalue weighted by Crippen LogP contribution is 2.34. The zero-order chi connectivity index (χ0) is 22.9. The number of nitro groups is 1. The van der Waals surface area contributed by atoms with Crippen LogP contribution in [0, 0.1) is 10.1 Å². The topological polar surface area (TPSA) is 84.2 Å². The van der Waals surface area contributed by atoms with E-state index < -0.39 is 0 Å². The van der Waals surface area contributed by atoms with E-state index in [0.29, 0.717) is 25.5 Å². The number of allylic oxidation sites excluding steroid dienone is 1. The lowest BCUT2D eigenvalue weighted by Crippen LogP contribution is -2.25. The maximum absolute atomic E-state index is 12.2. The molecule has 0 amide bonds. The van der Waals surface area contributed by atoms with Gasteiger partial charge in [0.25, 0.3) is 0 Å². The van der Waals surface area contributed by atoms with Gasteiger partial charge < -0.3 is 10.2 Å². The molecule has 0 bridgehead atoms. The molecule has 0 radical (unpaired) electrons. The molecule has 0 saturated heterocycles. The molecule has 4 rings (SSSR count). The minimum Gasteiger partial charge on any atom is -0.364 e. The SMILES string of the molecule is O=[N+]([O-])c1c(NCCC2=CCCCC2)ncnc1N(Cc1ccccc1)Cc1ccccc1. The number of nitrogens with one attached hydrogen (secondary N) is 1. The molecule has 1 heterocycles. The summed E-state index contributed by atoms with van der Waals surface area (Å²) in [6.07, 6.45) is 9.28. The highest BCUT2D eigenvalue weighted by Gasteiger charge is 2.27. The van der Waals surface area contributed by atoms with Gasteiger partial charge in [-0.1, -0.05) is 72.3 Å². The Labute approximate surface area is 194 Å². The summed E-state index contributed by atoms with van der Waals surface area (Å²) in [5, 5.41) is 15.4. The molecule has 0 aliphatic heterocycles. The number of rotatable bonds is 10. The van der Waals surface area contributed by atoms with Gasteiger partial charge in [-0.15, -0.1) is 0 Å². The van der Waals surface area contributed by atoms with Crippen molar-refractivity contribution >= 4 is 17.3 Å². The second-order valence-corrected chi connectivity index (χ2v) is 8.26. The van der Waals surface area contributed by atoms with E-state index >= 15 is 0 Å². The molecule has 33 heavy (non-hydrogen) atoms. The first-order valence-corrected chi connectivity index (χ1v) is 11.4. The van der Waals surface area contributed by atoms with Crippen LogP contribution in [-0.2, 0) is 13.1 Å². The van der Waals surface area contributed by atoms with Crippen molar-refractivity contribution in [1.29, 1.82) is 0 Å². The normalized spacial score (nSPS) is 13.3. The van der Waals surface area contributed by atoms with Gasteiger partial charge in [0.1, 0.15) is 6.33 Å². The number of nitrogens with zero attached hydrogens (tertiary/aromatic N) is 4. The Morgan fingerprint density at radius 3 is 2.18 bits per heavy atom. The molecule has 0 atom stereocenters. The lowest BCUT2D eigenvalue weighted by atomic mass is 9.97. The van der Waals surface area contributed by atoms with Crippen molar-refractivity contribution in [3.05, 3.63) is 99.9 Å².